The lowest BCUT2D eigenvalue weighted by Crippen LogP contribution is -2.46. The van der Waals surface area contributed by atoms with Crippen LogP contribution in [0.1, 0.15) is 37.8 Å². The van der Waals surface area contributed by atoms with Crippen molar-refractivity contribution in [3.05, 3.63) is 29.3 Å². The van der Waals surface area contributed by atoms with Crippen molar-refractivity contribution in [2.75, 3.05) is 18.4 Å². The third kappa shape index (κ3) is 6.20. The Morgan fingerprint density at radius 3 is 2.26 bits per heavy atom. The number of nitrogens with one attached hydrogen (secondary N) is 1. The fourth-order valence-electron chi connectivity index (χ4n) is 2.38. The van der Waals surface area contributed by atoms with Crippen LogP contribution in [0, 0.1) is 13.8 Å². The predicted molar refractivity (Wildman–Crippen MR) is 96.9 cm³/mol. The van der Waals surface area contributed by atoms with Crippen LogP contribution < -0.4 is 11.1 Å². The number of rotatable bonds is 7. The molecule has 23 heavy (non-hydrogen) atoms. The number of para-hydroxylation sites is 1. The van der Waals surface area contributed by atoms with E-state index in [1.807, 2.05) is 45.9 Å². The van der Waals surface area contributed by atoms with Gasteiger partial charge in [0.15, 0.2) is 0 Å². The molecule has 6 heteroatoms. The zero-order valence-electron chi connectivity index (χ0n) is 14.4. The molecule has 0 bridgehead atoms. The first-order valence-corrected chi connectivity index (χ1v) is 7.81. The molecule has 1 aromatic carbocycles. The summed E-state index contributed by atoms with van der Waals surface area (Å²) in [5.74, 6) is -0.364. The molecule has 0 spiro atoms. The van der Waals surface area contributed by atoms with Gasteiger partial charge in [-0.3, -0.25) is 9.59 Å². The lowest BCUT2D eigenvalue weighted by molar-refractivity contribution is -0.135. The highest BCUT2D eigenvalue weighted by molar-refractivity contribution is 5.96. The smallest absolute Gasteiger partial charge is 0.244 e. The summed E-state index contributed by atoms with van der Waals surface area (Å²) < 4.78 is 0. The molecule has 0 saturated carbocycles. The number of nitrogens with two attached hydrogens (primary N) is 1. The minimum Gasteiger partial charge on any atom is -0.332 e. The molecule has 130 valence electrons. The van der Waals surface area contributed by atoms with E-state index in [-0.39, 0.29) is 30.8 Å². The van der Waals surface area contributed by atoms with E-state index in [0.717, 1.165) is 23.2 Å². The zero-order chi connectivity index (χ0) is 16.7. The molecule has 0 aliphatic carbocycles. The first-order chi connectivity index (χ1) is 10.4. The van der Waals surface area contributed by atoms with E-state index in [4.69, 9.17) is 5.73 Å². The van der Waals surface area contributed by atoms with E-state index < -0.39 is 6.04 Å². The zero-order valence-corrected chi connectivity index (χ0v) is 15.2. The molecular weight excluding hydrogens is 314 g/mol. The second kappa shape index (κ2) is 10.2. The number of amides is 2. The van der Waals surface area contributed by atoms with Crippen LogP contribution in [0.3, 0.4) is 0 Å². The van der Waals surface area contributed by atoms with Crippen LogP contribution in [0.25, 0.3) is 0 Å². The molecular formula is C17H28ClN3O2. The maximum absolute atomic E-state index is 12.2. The van der Waals surface area contributed by atoms with Gasteiger partial charge in [0.05, 0.1) is 12.6 Å². The van der Waals surface area contributed by atoms with Gasteiger partial charge >= 0.3 is 0 Å². The molecule has 0 fully saturated rings. The Hall–Kier alpha value is -1.59. The summed E-state index contributed by atoms with van der Waals surface area (Å²) in [6.07, 6.45) is 1.48. The number of carbonyl (C=O) groups is 2. The van der Waals surface area contributed by atoms with Crippen LogP contribution in [-0.4, -0.2) is 35.8 Å². The van der Waals surface area contributed by atoms with Crippen molar-refractivity contribution >= 4 is 29.9 Å². The molecule has 5 nitrogen and oxygen atoms in total. The van der Waals surface area contributed by atoms with Crippen molar-refractivity contribution in [1.82, 2.24) is 4.90 Å². The number of anilines is 1. The summed E-state index contributed by atoms with van der Waals surface area (Å²) >= 11 is 0. The number of hydrogen-bond acceptors (Lipinski definition) is 3. The van der Waals surface area contributed by atoms with Crippen LogP contribution in [0.4, 0.5) is 5.69 Å². The largest absolute Gasteiger partial charge is 0.332 e. The maximum Gasteiger partial charge on any atom is 0.244 e. The lowest BCUT2D eigenvalue weighted by atomic mass is 10.1. The van der Waals surface area contributed by atoms with E-state index in [0.29, 0.717) is 13.0 Å². The van der Waals surface area contributed by atoms with E-state index in [1.165, 1.54) is 4.90 Å². The normalized spacial score (nSPS) is 11.3. The molecule has 2 amide bonds. The average molecular weight is 342 g/mol. The molecule has 0 aromatic heterocycles. The quantitative estimate of drug-likeness (QED) is 0.800. The van der Waals surface area contributed by atoms with Crippen LogP contribution in [0.5, 0.6) is 0 Å². The Morgan fingerprint density at radius 2 is 1.78 bits per heavy atom. The molecule has 1 rings (SSSR count). The molecule has 3 N–H and O–H groups in total. The predicted octanol–water partition coefficient (Wildman–Crippen LogP) is 2.64. The van der Waals surface area contributed by atoms with Crippen LogP contribution in [0.15, 0.2) is 18.2 Å². The van der Waals surface area contributed by atoms with Gasteiger partial charge in [-0.1, -0.05) is 31.5 Å². The number of hydrogen-bond donors (Lipinski definition) is 2. The summed E-state index contributed by atoms with van der Waals surface area (Å²) in [5, 5.41) is 2.90. The highest BCUT2D eigenvalue weighted by atomic mass is 35.5. The van der Waals surface area contributed by atoms with Gasteiger partial charge in [0.1, 0.15) is 0 Å². The minimum atomic E-state index is -0.530. The second-order valence-corrected chi connectivity index (χ2v) is 5.56. The summed E-state index contributed by atoms with van der Waals surface area (Å²) in [7, 11) is 0. The Bertz CT molecular complexity index is 514. The summed E-state index contributed by atoms with van der Waals surface area (Å²) in [4.78, 5) is 25.9. The first kappa shape index (κ1) is 21.4. The van der Waals surface area contributed by atoms with Gasteiger partial charge in [0.2, 0.25) is 11.8 Å². The molecule has 1 atom stereocenters. The number of benzene rings is 1. The Balaban J connectivity index is 0.00000484. The second-order valence-electron chi connectivity index (χ2n) is 5.56. The summed E-state index contributed by atoms with van der Waals surface area (Å²) in [5.41, 5.74) is 8.68. The highest BCUT2D eigenvalue weighted by Crippen LogP contribution is 2.19. The van der Waals surface area contributed by atoms with Crippen molar-refractivity contribution in [3.8, 4) is 0 Å². The van der Waals surface area contributed by atoms with Crippen molar-refractivity contribution in [3.63, 3.8) is 0 Å². The summed E-state index contributed by atoms with van der Waals surface area (Å²) in [6.45, 7) is 8.22. The molecule has 0 saturated heterocycles. The Kier molecular flexibility index (Phi) is 9.53. The SMILES string of the molecule is CCCC(N)C(=O)N(CC)CC(=O)Nc1c(C)cccc1C.Cl. The Morgan fingerprint density at radius 1 is 1.22 bits per heavy atom. The monoisotopic (exact) mass is 341 g/mol. The molecule has 0 aliphatic heterocycles. The average Bonchev–Trinajstić information content (AvgIpc) is 2.48. The topological polar surface area (TPSA) is 75.4 Å². The van der Waals surface area contributed by atoms with Crippen LogP contribution >= 0.6 is 12.4 Å². The standard InChI is InChI=1S/C17H27N3O2.ClH/c1-5-8-14(18)17(22)20(6-2)11-15(21)19-16-12(3)9-7-10-13(16)4;/h7,9-10,14H,5-6,8,11,18H2,1-4H3,(H,19,21);1H. The van der Waals surface area contributed by atoms with E-state index in [1.54, 1.807) is 0 Å². The molecule has 0 radical (unpaired) electrons. The highest BCUT2D eigenvalue weighted by Gasteiger charge is 2.21. The third-order valence-corrected chi connectivity index (χ3v) is 3.69. The molecule has 1 unspecified atom stereocenters. The van der Waals surface area contributed by atoms with Gasteiger partial charge in [0, 0.05) is 12.2 Å². The number of carbonyl (C=O) groups excluding carboxylic acids is 2. The van der Waals surface area contributed by atoms with Gasteiger partial charge in [-0.15, -0.1) is 12.4 Å². The maximum atomic E-state index is 12.2. The number of nitrogens with zero attached hydrogens (tertiary/aromatic N) is 1. The van der Waals surface area contributed by atoms with Gasteiger partial charge in [-0.2, -0.15) is 0 Å². The fourth-order valence-corrected chi connectivity index (χ4v) is 2.38. The van der Waals surface area contributed by atoms with Crippen LogP contribution in [-0.2, 0) is 9.59 Å². The lowest BCUT2D eigenvalue weighted by Gasteiger charge is -2.24. The number of halogens is 1. The number of aryl methyl sites for hydroxylation is 2. The van der Waals surface area contributed by atoms with E-state index >= 15 is 0 Å². The first-order valence-electron chi connectivity index (χ1n) is 7.81. The van der Waals surface area contributed by atoms with Crippen molar-refractivity contribution in [2.45, 2.75) is 46.6 Å². The fraction of sp³-hybridized carbons (Fsp3) is 0.529. The molecule has 0 aliphatic rings. The van der Waals surface area contributed by atoms with Crippen LogP contribution in [0.2, 0.25) is 0 Å². The van der Waals surface area contributed by atoms with E-state index in [9.17, 15) is 9.59 Å². The van der Waals surface area contributed by atoms with Gasteiger partial charge in [0.25, 0.3) is 0 Å². The molecule has 0 heterocycles. The third-order valence-electron chi connectivity index (χ3n) is 3.69. The van der Waals surface area contributed by atoms with Crippen molar-refractivity contribution in [2.24, 2.45) is 5.73 Å². The van der Waals surface area contributed by atoms with Gasteiger partial charge in [-0.25, -0.2) is 0 Å². The van der Waals surface area contributed by atoms with Gasteiger partial charge < -0.3 is 16.0 Å². The van der Waals surface area contributed by atoms with Gasteiger partial charge in [-0.05, 0) is 38.3 Å². The van der Waals surface area contributed by atoms with Crippen molar-refractivity contribution < 1.29 is 9.59 Å². The van der Waals surface area contributed by atoms with E-state index in [2.05, 4.69) is 5.32 Å². The summed E-state index contributed by atoms with van der Waals surface area (Å²) in [6, 6.07) is 5.31. The molecule has 1 aromatic rings. The minimum absolute atomic E-state index is 0. The van der Waals surface area contributed by atoms with Crippen molar-refractivity contribution in [1.29, 1.82) is 0 Å². The number of likely N-dealkylation sites (N-methyl/N-ethyl adjacent to an activating group) is 1. The Labute approximate surface area is 145 Å².